The lowest BCUT2D eigenvalue weighted by molar-refractivity contribution is 0.275. The Balaban J connectivity index is 2.84. The highest BCUT2D eigenvalue weighted by atomic mass is 16.5. The Morgan fingerprint density at radius 3 is 2.47 bits per heavy atom. The van der Waals surface area contributed by atoms with E-state index in [4.69, 9.17) is 9.84 Å². The molecule has 2 rings (SSSR count). The topological polar surface area (TPSA) is 49.7 Å². The number of ether oxygens (including phenoxy) is 1. The summed E-state index contributed by atoms with van der Waals surface area (Å²) in [5.41, 5.74) is 0.477. The standard InChI is InChI=1S/C12H12O3/c1-15-11-6-8(7-13)12(14)10-5-3-2-4-9(10)11/h2-6,13-14H,7H2,1H3. The number of aromatic hydroxyl groups is 1. The first-order valence-electron chi connectivity index (χ1n) is 4.66. The quantitative estimate of drug-likeness (QED) is 0.787. The van der Waals surface area contributed by atoms with Crippen LogP contribution in [0.2, 0.25) is 0 Å². The molecule has 15 heavy (non-hydrogen) atoms. The molecule has 3 heteroatoms. The van der Waals surface area contributed by atoms with E-state index < -0.39 is 0 Å². The predicted molar refractivity (Wildman–Crippen MR) is 58.1 cm³/mol. The molecule has 0 spiro atoms. The van der Waals surface area contributed by atoms with Crippen molar-refractivity contribution < 1.29 is 14.9 Å². The van der Waals surface area contributed by atoms with Crippen molar-refractivity contribution in [2.75, 3.05) is 7.11 Å². The lowest BCUT2D eigenvalue weighted by Crippen LogP contribution is -1.91. The van der Waals surface area contributed by atoms with Crippen LogP contribution in [0.15, 0.2) is 30.3 Å². The molecule has 0 amide bonds. The molecule has 0 atom stereocenters. The van der Waals surface area contributed by atoms with Crippen LogP contribution in [0.25, 0.3) is 10.8 Å². The van der Waals surface area contributed by atoms with E-state index >= 15 is 0 Å². The fourth-order valence-electron chi connectivity index (χ4n) is 1.67. The molecular formula is C12H12O3. The monoisotopic (exact) mass is 204 g/mol. The zero-order valence-electron chi connectivity index (χ0n) is 8.40. The van der Waals surface area contributed by atoms with Gasteiger partial charge in [-0.15, -0.1) is 0 Å². The van der Waals surface area contributed by atoms with Gasteiger partial charge >= 0.3 is 0 Å². The second-order valence-corrected chi connectivity index (χ2v) is 3.29. The molecule has 78 valence electrons. The molecule has 0 aromatic heterocycles. The summed E-state index contributed by atoms with van der Waals surface area (Å²) >= 11 is 0. The van der Waals surface area contributed by atoms with Gasteiger partial charge in [0.1, 0.15) is 11.5 Å². The highest BCUT2D eigenvalue weighted by Gasteiger charge is 2.10. The van der Waals surface area contributed by atoms with E-state index in [1.54, 1.807) is 19.2 Å². The highest BCUT2D eigenvalue weighted by Crippen LogP contribution is 2.35. The second kappa shape index (κ2) is 3.79. The zero-order valence-corrected chi connectivity index (χ0v) is 8.40. The first kappa shape index (κ1) is 9.80. The molecule has 0 heterocycles. The van der Waals surface area contributed by atoms with Crippen LogP contribution in [-0.4, -0.2) is 17.3 Å². The van der Waals surface area contributed by atoms with Crippen LogP contribution in [0.4, 0.5) is 0 Å². The van der Waals surface area contributed by atoms with Gasteiger partial charge in [-0.05, 0) is 6.07 Å². The van der Waals surface area contributed by atoms with Crippen molar-refractivity contribution in [3.63, 3.8) is 0 Å². The smallest absolute Gasteiger partial charge is 0.129 e. The number of methoxy groups -OCH3 is 1. The Morgan fingerprint density at radius 2 is 1.87 bits per heavy atom. The Bertz CT molecular complexity index is 491. The number of aliphatic hydroxyl groups is 1. The third-order valence-corrected chi connectivity index (χ3v) is 2.45. The van der Waals surface area contributed by atoms with Gasteiger partial charge in [0, 0.05) is 16.3 Å². The summed E-state index contributed by atoms with van der Waals surface area (Å²) in [6.45, 7) is -0.201. The Hall–Kier alpha value is -1.74. The van der Waals surface area contributed by atoms with Crippen molar-refractivity contribution in [2.24, 2.45) is 0 Å². The first-order chi connectivity index (χ1) is 7.27. The summed E-state index contributed by atoms with van der Waals surface area (Å²) in [6.07, 6.45) is 0. The highest BCUT2D eigenvalue weighted by molar-refractivity contribution is 5.94. The third-order valence-electron chi connectivity index (χ3n) is 2.45. The SMILES string of the molecule is COc1cc(CO)c(O)c2ccccc12. The molecule has 0 bridgehead atoms. The van der Waals surface area contributed by atoms with Crippen LogP contribution < -0.4 is 4.74 Å². The van der Waals surface area contributed by atoms with E-state index in [-0.39, 0.29) is 12.4 Å². The van der Waals surface area contributed by atoms with Gasteiger partial charge in [0.2, 0.25) is 0 Å². The van der Waals surface area contributed by atoms with Crippen LogP contribution in [-0.2, 0) is 6.61 Å². The van der Waals surface area contributed by atoms with Gasteiger partial charge in [0.15, 0.2) is 0 Å². The molecular weight excluding hydrogens is 192 g/mol. The van der Waals surface area contributed by atoms with Crippen molar-refractivity contribution in [3.8, 4) is 11.5 Å². The minimum Gasteiger partial charge on any atom is -0.507 e. The summed E-state index contributed by atoms with van der Waals surface area (Å²) < 4.78 is 5.20. The molecule has 0 aliphatic heterocycles. The van der Waals surface area contributed by atoms with Crippen molar-refractivity contribution in [2.45, 2.75) is 6.61 Å². The number of fused-ring (bicyclic) bond motifs is 1. The Labute approximate surface area is 87.5 Å². The van der Waals surface area contributed by atoms with Gasteiger partial charge in [0.05, 0.1) is 13.7 Å². The summed E-state index contributed by atoms with van der Waals surface area (Å²) in [5, 5.41) is 20.5. The minimum absolute atomic E-state index is 0.119. The number of benzene rings is 2. The van der Waals surface area contributed by atoms with Crippen molar-refractivity contribution in [1.29, 1.82) is 0 Å². The summed E-state index contributed by atoms with van der Waals surface area (Å²) in [4.78, 5) is 0. The molecule has 2 N–H and O–H groups in total. The molecule has 0 aliphatic carbocycles. The maximum absolute atomic E-state index is 9.85. The molecule has 0 unspecified atom stereocenters. The summed E-state index contributed by atoms with van der Waals surface area (Å²) in [7, 11) is 1.57. The second-order valence-electron chi connectivity index (χ2n) is 3.29. The van der Waals surface area contributed by atoms with Gasteiger partial charge in [0.25, 0.3) is 0 Å². The molecule has 0 aliphatic rings. The van der Waals surface area contributed by atoms with E-state index in [0.29, 0.717) is 16.7 Å². The average molecular weight is 204 g/mol. The maximum Gasteiger partial charge on any atom is 0.129 e. The minimum atomic E-state index is -0.201. The van der Waals surface area contributed by atoms with Gasteiger partial charge in [-0.25, -0.2) is 0 Å². The average Bonchev–Trinajstić information content (AvgIpc) is 2.30. The van der Waals surface area contributed by atoms with E-state index in [1.165, 1.54) is 0 Å². The molecule has 0 saturated carbocycles. The van der Waals surface area contributed by atoms with Crippen LogP contribution in [0.5, 0.6) is 11.5 Å². The van der Waals surface area contributed by atoms with Gasteiger partial charge < -0.3 is 14.9 Å². The van der Waals surface area contributed by atoms with E-state index in [2.05, 4.69) is 0 Å². The molecule has 3 nitrogen and oxygen atoms in total. The van der Waals surface area contributed by atoms with Crippen molar-refractivity contribution in [3.05, 3.63) is 35.9 Å². The van der Waals surface area contributed by atoms with Gasteiger partial charge in [-0.3, -0.25) is 0 Å². The molecule has 2 aromatic carbocycles. The summed E-state index contributed by atoms with van der Waals surface area (Å²) in [5.74, 6) is 0.779. The van der Waals surface area contributed by atoms with Crippen LogP contribution in [0.3, 0.4) is 0 Å². The van der Waals surface area contributed by atoms with Crippen molar-refractivity contribution >= 4 is 10.8 Å². The molecule has 0 saturated heterocycles. The van der Waals surface area contributed by atoms with Crippen molar-refractivity contribution in [1.82, 2.24) is 0 Å². The predicted octanol–water partition coefficient (Wildman–Crippen LogP) is 2.05. The summed E-state index contributed by atoms with van der Waals surface area (Å²) in [6, 6.07) is 9.03. The maximum atomic E-state index is 9.85. The Morgan fingerprint density at radius 1 is 1.20 bits per heavy atom. The fourth-order valence-corrected chi connectivity index (χ4v) is 1.67. The normalized spacial score (nSPS) is 10.5. The third kappa shape index (κ3) is 1.51. The number of hydrogen-bond donors (Lipinski definition) is 2. The number of hydrogen-bond acceptors (Lipinski definition) is 3. The lowest BCUT2D eigenvalue weighted by Gasteiger charge is -2.10. The van der Waals surface area contributed by atoms with Gasteiger partial charge in [-0.1, -0.05) is 24.3 Å². The molecule has 2 aromatic rings. The van der Waals surface area contributed by atoms with Gasteiger partial charge in [-0.2, -0.15) is 0 Å². The van der Waals surface area contributed by atoms with E-state index in [9.17, 15) is 5.11 Å². The van der Waals surface area contributed by atoms with Crippen LogP contribution in [0, 0.1) is 0 Å². The zero-order chi connectivity index (χ0) is 10.8. The first-order valence-corrected chi connectivity index (χ1v) is 4.66. The fraction of sp³-hybridized carbons (Fsp3) is 0.167. The van der Waals surface area contributed by atoms with Crippen LogP contribution in [0.1, 0.15) is 5.56 Å². The molecule has 0 fully saturated rings. The Kier molecular flexibility index (Phi) is 2.47. The van der Waals surface area contributed by atoms with E-state index in [1.807, 2.05) is 18.2 Å². The van der Waals surface area contributed by atoms with Crippen LogP contribution >= 0.6 is 0 Å². The number of rotatable bonds is 2. The number of phenols is 1. The van der Waals surface area contributed by atoms with E-state index in [0.717, 1.165) is 5.39 Å². The largest absolute Gasteiger partial charge is 0.507 e. The lowest BCUT2D eigenvalue weighted by atomic mass is 10.0. The number of aliphatic hydroxyl groups excluding tert-OH is 1. The molecule has 0 radical (unpaired) electrons.